The Hall–Kier alpha value is -4.68. The van der Waals surface area contributed by atoms with Gasteiger partial charge in [-0.15, -0.1) is 0 Å². The molecule has 0 spiro atoms. The van der Waals surface area contributed by atoms with E-state index in [1.807, 2.05) is 48.5 Å². The van der Waals surface area contributed by atoms with Crippen LogP contribution in [0.15, 0.2) is 77.7 Å². The van der Waals surface area contributed by atoms with E-state index >= 15 is 0 Å². The van der Waals surface area contributed by atoms with Crippen LogP contribution < -0.4 is 14.2 Å². The number of amides is 1. The zero-order valence-electron chi connectivity index (χ0n) is 23.7. The summed E-state index contributed by atoms with van der Waals surface area (Å²) in [6.45, 7) is 2.47. The molecule has 1 fully saturated rings. The maximum absolute atomic E-state index is 13.5. The number of hydrogen-bond acceptors (Lipinski definition) is 9. The Morgan fingerprint density at radius 3 is 2.44 bits per heavy atom. The van der Waals surface area contributed by atoms with Gasteiger partial charge in [0.1, 0.15) is 4.32 Å². The molecule has 0 aliphatic carbocycles. The molecule has 1 aliphatic heterocycles. The molecule has 5 rings (SSSR count). The molecule has 0 radical (unpaired) electrons. The van der Waals surface area contributed by atoms with Gasteiger partial charge in [0.15, 0.2) is 17.2 Å². The van der Waals surface area contributed by atoms with Gasteiger partial charge in [-0.1, -0.05) is 48.2 Å². The fourth-order valence-corrected chi connectivity index (χ4v) is 5.91. The summed E-state index contributed by atoms with van der Waals surface area (Å²) in [5.74, 6) is 1.24. The van der Waals surface area contributed by atoms with E-state index < -0.39 is 4.92 Å². The second kappa shape index (κ2) is 13.1. The van der Waals surface area contributed by atoms with Crippen LogP contribution in [0.3, 0.4) is 0 Å². The number of para-hydroxylation sites is 1. The number of rotatable bonds is 11. The molecule has 3 aromatic carbocycles. The number of nitro benzene ring substituents is 1. The van der Waals surface area contributed by atoms with Crippen molar-refractivity contribution in [2.45, 2.75) is 13.3 Å². The van der Waals surface area contributed by atoms with Gasteiger partial charge in [-0.2, -0.15) is 5.10 Å². The van der Waals surface area contributed by atoms with Crippen molar-refractivity contribution in [3.63, 3.8) is 0 Å². The standard InChI is InChI=1S/C31H28N4O6S2/c1-4-41-26-13-11-21(17-25(26)35(37)38)24-18-23(34(32-24)22-8-6-5-7-9-22)19-29-30(36)33(31(42)43-29)15-14-20-10-12-27(39-2)28(16-20)40-3/h5-13,16-19H,4,14-15H2,1-3H3. The van der Waals surface area contributed by atoms with E-state index in [4.69, 9.17) is 31.5 Å². The number of thioether (sulfide) groups is 1. The number of carbonyl (C=O) groups excluding carboxylic acids is 1. The van der Waals surface area contributed by atoms with Crippen molar-refractivity contribution in [1.82, 2.24) is 14.7 Å². The molecule has 10 nitrogen and oxygen atoms in total. The number of carbonyl (C=O) groups is 1. The number of benzene rings is 3. The molecule has 1 amide bonds. The maximum Gasteiger partial charge on any atom is 0.311 e. The number of nitrogens with zero attached hydrogens (tertiary/aromatic N) is 4. The van der Waals surface area contributed by atoms with Crippen LogP contribution in [0.4, 0.5) is 5.69 Å². The summed E-state index contributed by atoms with van der Waals surface area (Å²) < 4.78 is 18.3. The van der Waals surface area contributed by atoms with Gasteiger partial charge in [-0.25, -0.2) is 4.68 Å². The fraction of sp³-hybridized carbons (Fsp3) is 0.194. The molecule has 0 N–H and O–H groups in total. The molecule has 0 unspecified atom stereocenters. The van der Waals surface area contributed by atoms with Crippen LogP contribution in [0.2, 0.25) is 0 Å². The zero-order valence-corrected chi connectivity index (χ0v) is 25.3. The lowest BCUT2D eigenvalue weighted by Crippen LogP contribution is -2.30. The van der Waals surface area contributed by atoms with Crippen LogP contribution in [0.5, 0.6) is 17.2 Å². The van der Waals surface area contributed by atoms with Gasteiger partial charge in [-0.05, 0) is 67.4 Å². The van der Waals surface area contributed by atoms with Crippen LogP contribution in [-0.2, 0) is 11.2 Å². The van der Waals surface area contributed by atoms with Crippen LogP contribution in [0, 0.1) is 10.1 Å². The van der Waals surface area contributed by atoms with Crippen LogP contribution in [-0.4, -0.2) is 57.2 Å². The quantitative estimate of drug-likeness (QED) is 0.0829. The number of hydrogen-bond donors (Lipinski definition) is 0. The highest BCUT2D eigenvalue weighted by Gasteiger charge is 2.32. The minimum Gasteiger partial charge on any atom is -0.493 e. The van der Waals surface area contributed by atoms with E-state index in [0.717, 1.165) is 11.3 Å². The Bertz CT molecular complexity index is 1720. The number of nitro groups is 1. The predicted octanol–water partition coefficient (Wildman–Crippen LogP) is 6.31. The minimum absolute atomic E-state index is 0.148. The van der Waals surface area contributed by atoms with Gasteiger partial charge in [0, 0.05) is 18.2 Å². The summed E-state index contributed by atoms with van der Waals surface area (Å²) >= 11 is 6.80. The van der Waals surface area contributed by atoms with Crippen LogP contribution in [0.1, 0.15) is 18.2 Å². The van der Waals surface area contributed by atoms with E-state index in [9.17, 15) is 14.9 Å². The lowest BCUT2D eigenvalue weighted by Gasteiger charge is -2.15. The monoisotopic (exact) mass is 616 g/mol. The summed E-state index contributed by atoms with van der Waals surface area (Å²) in [6.07, 6.45) is 2.32. The minimum atomic E-state index is -0.475. The van der Waals surface area contributed by atoms with Crippen molar-refractivity contribution in [1.29, 1.82) is 0 Å². The molecule has 1 aliphatic rings. The molecular formula is C31H28N4O6S2. The molecule has 0 saturated carbocycles. The third-order valence-corrected chi connectivity index (χ3v) is 8.09. The molecule has 1 saturated heterocycles. The maximum atomic E-state index is 13.5. The highest BCUT2D eigenvalue weighted by Crippen LogP contribution is 2.36. The van der Waals surface area contributed by atoms with E-state index in [2.05, 4.69) is 0 Å². The Labute approximate surface area is 258 Å². The van der Waals surface area contributed by atoms with Gasteiger partial charge in [0.2, 0.25) is 0 Å². The van der Waals surface area contributed by atoms with Crippen molar-refractivity contribution in [2.75, 3.05) is 27.4 Å². The van der Waals surface area contributed by atoms with Gasteiger partial charge in [0.25, 0.3) is 5.91 Å². The Morgan fingerprint density at radius 2 is 1.74 bits per heavy atom. The van der Waals surface area contributed by atoms with Crippen molar-refractivity contribution in [2.24, 2.45) is 0 Å². The lowest BCUT2D eigenvalue weighted by atomic mass is 10.1. The highest BCUT2D eigenvalue weighted by molar-refractivity contribution is 8.26. The normalized spacial score (nSPS) is 13.9. The Morgan fingerprint density at radius 1 is 1.00 bits per heavy atom. The topological polar surface area (TPSA) is 109 Å². The third kappa shape index (κ3) is 6.40. The van der Waals surface area contributed by atoms with Gasteiger partial charge in [-0.3, -0.25) is 19.8 Å². The molecule has 1 aromatic heterocycles. The molecule has 12 heteroatoms. The van der Waals surface area contributed by atoms with Gasteiger partial charge < -0.3 is 14.2 Å². The Kier molecular flexibility index (Phi) is 9.07. The SMILES string of the molecule is CCOc1ccc(-c2cc(C=C3SC(=S)N(CCc4ccc(OC)c(OC)c4)C3=O)n(-c3ccccc3)n2)cc1[N+](=O)[O-]. The molecular weight excluding hydrogens is 588 g/mol. The molecule has 43 heavy (non-hydrogen) atoms. The molecule has 4 aromatic rings. The van der Waals surface area contributed by atoms with Crippen LogP contribution >= 0.6 is 24.0 Å². The average molecular weight is 617 g/mol. The van der Waals surface area contributed by atoms with Crippen molar-refractivity contribution in [3.8, 4) is 34.2 Å². The number of aromatic nitrogens is 2. The summed E-state index contributed by atoms with van der Waals surface area (Å²) in [7, 11) is 3.16. The van der Waals surface area contributed by atoms with E-state index in [1.54, 1.807) is 55.0 Å². The zero-order chi connectivity index (χ0) is 30.5. The fourth-order valence-electron chi connectivity index (χ4n) is 4.62. The summed E-state index contributed by atoms with van der Waals surface area (Å²) in [5.41, 5.74) is 3.27. The second-order valence-electron chi connectivity index (χ2n) is 9.35. The van der Waals surface area contributed by atoms with Crippen LogP contribution in [0.25, 0.3) is 23.0 Å². The smallest absolute Gasteiger partial charge is 0.311 e. The molecule has 0 bridgehead atoms. The molecule has 0 atom stereocenters. The first-order valence-corrected chi connectivity index (χ1v) is 14.6. The lowest BCUT2D eigenvalue weighted by molar-refractivity contribution is -0.385. The first kappa shape index (κ1) is 29.8. The van der Waals surface area contributed by atoms with Gasteiger partial charge in [0.05, 0.1) is 47.7 Å². The number of ether oxygens (including phenoxy) is 3. The molecule has 2 heterocycles. The van der Waals surface area contributed by atoms with Crippen molar-refractivity contribution >= 4 is 46.0 Å². The predicted molar refractivity (Wildman–Crippen MR) is 170 cm³/mol. The van der Waals surface area contributed by atoms with E-state index in [0.29, 0.717) is 57.2 Å². The third-order valence-electron chi connectivity index (χ3n) is 6.71. The van der Waals surface area contributed by atoms with E-state index in [-0.39, 0.29) is 17.3 Å². The largest absolute Gasteiger partial charge is 0.493 e. The summed E-state index contributed by atoms with van der Waals surface area (Å²) in [5, 5.41) is 16.5. The molecule has 220 valence electrons. The number of methoxy groups -OCH3 is 2. The first-order chi connectivity index (χ1) is 20.8. The van der Waals surface area contributed by atoms with Crippen molar-refractivity contribution < 1.29 is 23.9 Å². The van der Waals surface area contributed by atoms with E-state index in [1.165, 1.54) is 17.8 Å². The summed E-state index contributed by atoms with van der Waals surface area (Å²) in [4.78, 5) is 26.8. The number of thiocarbonyl (C=S) groups is 1. The first-order valence-electron chi connectivity index (χ1n) is 13.4. The average Bonchev–Trinajstić information content (AvgIpc) is 3.56. The highest BCUT2D eigenvalue weighted by atomic mass is 32.2. The summed E-state index contributed by atoms with van der Waals surface area (Å²) in [6, 6.07) is 21.6. The van der Waals surface area contributed by atoms with Gasteiger partial charge >= 0.3 is 5.69 Å². The second-order valence-corrected chi connectivity index (χ2v) is 11.0. The van der Waals surface area contributed by atoms with Crippen molar-refractivity contribution in [3.05, 3.63) is 99.1 Å². The Balaban J connectivity index is 1.45.